The first kappa shape index (κ1) is 42.1. The van der Waals surface area contributed by atoms with E-state index in [4.69, 9.17) is 9.84 Å². The third-order valence-electron chi connectivity index (χ3n) is 11.1. The largest absolute Gasteiger partial charge is 0.506 e. The first-order chi connectivity index (χ1) is 28.1. The summed E-state index contributed by atoms with van der Waals surface area (Å²) in [5, 5.41) is 35.6. The van der Waals surface area contributed by atoms with Gasteiger partial charge in [0.25, 0.3) is 0 Å². The van der Waals surface area contributed by atoms with Crippen LogP contribution in [0, 0.1) is 11.8 Å². The van der Waals surface area contributed by atoms with Crippen LogP contribution in [-0.2, 0) is 22.5 Å². The molecule has 1 saturated carbocycles. The van der Waals surface area contributed by atoms with E-state index in [1.807, 2.05) is 42.5 Å². The molecule has 0 spiro atoms. The van der Waals surface area contributed by atoms with E-state index < -0.39 is 12.2 Å². The fourth-order valence-electron chi connectivity index (χ4n) is 8.02. The minimum Gasteiger partial charge on any atom is -0.506 e. The second-order valence-electron chi connectivity index (χ2n) is 15.2. The third kappa shape index (κ3) is 11.8. The summed E-state index contributed by atoms with van der Waals surface area (Å²) in [6.45, 7) is 5.83. The van der Waals surface area contributed by atoms with Crippen molar-refractivity contribution in [3.8, 4) is 16.9 Å². The summed E-state index contributed by atoms with van der Waals surface area (Å²) in [5.41, 5.74) is 5.69. The van der Waals surface area contributed by atoms with Crippen LogP contribution in [0.5, 0.6) is 5.75 Å². The Kier molecular flexibility index (Phi) is 15.1. The fraction of sp³-hybridized carbons (Fsp3) is 0.370. The molecule has 7 rings (SSSR count). The van der Waals surface area contributed by atoms with E-state index in [9.17, 15) is 24.6 Å². The fourth-order valence-corrected chi connectivity index (χ4v) is 8.02. The van der Waals surface area contributed by atoms with E-state index in [1.54, 1.807) is 36.2 Å². The highest BCUT2D eigenvalue weighted by molar-refractivity contribution is 5.90. The first-order valence-electron chi connectivity index (χ1n) is 20.1. The monoisotopic (exact) mass is 789 g/mol. The lowest BCUT2D eigenvalue weighted by Crippen LogP contribution is -2.35. The SMILES string of the molecule is CN(CCNCC(O)c1ccc(O)c2[nH]c(=O)ccc12)C(=O)CCOCCc1ccc(CN2C[C@H]3CCC[C@H]3C2)cc1.O=C(O)Nc1ccccc1-c1ccccc1. The van der Waals surface area contributed by atoms with Gasteiger partial charge in [0.15, 0.2) is 0 Å². The number of likely N-dealkylation sites (N-methyl/N-ethyl adjacent to an activating group) is 1. The maximum Gasteiger partial charge on any atom is 0.409 e. The van der Waals surface area contributed by atoms with Crippen molar-refractivity contribution in [2.75, 3.05) is 58.3 Å². The highest BCUT2D eigenvalue weighted by Gasteiger charge is 2.35. The van der Waals surface area contributed by atoms with Crippen molar-refractivity contribution in [2.24, 2.45) is 11.8 Å². The Labute approximate surface area is 339 Å². The van der Waals surface area contributed by atoms with Gasteiger partial charge in [0.05, 0.1) is 36.9 Å². The first-order valence-corrected chi connectivity index (χ1v) is 20.1. The molecule has 1 aliphatic carbocycles. The highest BCUT2D eigenvalue weighted by Crippen LogP contribution is 2.38. The molecule has 0 bridgehead atoms. The number of aromatic hydroxyl groups is 1. The zero-order chi connectivity index (χ0) is 40.9. The van der Waals surface area contributed by atoms with Gasteiger partial charge in [-0.25, -0.2) is 4.79 Å². The molecular formula is C46H55N5O7. The molecule has 1 saturated heterocycles. The molecule has 2 heterocycles. The zero-order valence-electron chi connectivity index (χ0n) is 33.1. The van der Waals surface area contributed by atoms with Crippen molar-refractivity contribution in [3.63, 3.8) is 0 Å². The van der Waals surface area contributed by atoms with Gasteiger partial charge in [-0.1, -0.05) is 85.3 Å². The summed E-state index contributed by atoms with van der Waals surface area (Å²) in [6, 6.07) is 31.9. The Balaban J connectivity index is 0.000000295. The number of aromatic amines is 1. The number of phenolic OH excluding ortho intramolecular Hbond substituents is 1. The number of phenols is 1. The number of carboxylic acid groups (broad SMARTS) is 1. The second kappa shape index (κ2) is 20.8. The Morgan fingerprint density at radius 1 is 0.897 bits per heavy atom. The minimum atomic E-state index is -1.05. The number of carbonyl (C=O) groups excluding carboxylic acids is 1. The van der Waals surface area contributed by atoms with Gasteiger partial charge in [-0.05, 0) is 71.6 Å². The standard InChI is InChI=1S/C33H44N4O5.C13H11NO2/c1-36(16-15-34-19-30(39)27-9-11-29(38)33-28(27)10-12-31(40)35-33)32(41)14-18-42-17-13-23-5-7-24(8-6-23)20-37-21-25-3-2-4-26(25)22-37;15-13(16)14-12-9-5-4-8-11(12)10-6-2-1-3-7-10/h5-12,25-26,30,34,38-39H,2-4,13-22H2,1H3,(H,35,40);1-9,14H,(H,15,16)/t25-,26+,30?;. The van der Waals surface area contributed by atoms with Gasteiger partial charge >= 0.3 is 6.09 Å². The van der Waals surface area contributed by atoms with Crippen LogP contribution >= 0.6 is 0 Å². The number of benzene rings is 4. The van der Waals surface area contributed by atoms with Crippen molar-refractivity contribution in [3.05, 3.63) is 130 Å². The summed E-state index contributed by atoms with van der Waals surface area (Å²) in [6.07, 6.45) is 3.51. The smallest absolute Gasteiger partial charge is 0.409 e. The van der Waals surface area contributed by atoms with Crippen molar-refractivity contribution in [1.82, 2.24) is 20.1 Å². The predicted molar refractivity (Wildman–Crippen MR) is 227 cm³/mol. The topological polar surface area (TPSA) is 167 Å². The quantitative estimate of drug-likeness (QED) is 0.0601. The van der Waals surface area contributed by atoms with Crippen LogP contribution in [-0.4, -0.2) is 95.1 Å². The van der Waals surface area contributed by atoms with Crippen LogP contribution in [0.3, 0.4) is 0 Å². The molecule has 12 nitrogen and oxygen atoms in total. The number of aliphatic hydroxyl groups is 1. The third-order valence-corrected chi connectivity index (χ3v) is 11.1. The van der Waals surface area contributed by atoms with Crippen LogP contribution in [0.25, 0.3) is 22.0 Å². The van der Waals surface area contributed by atoms with E-state index in [-0.39, 0.29) is 23.8 Å². The molecule has 0 radical (unpaired) electrons. The number of anilines is 1. The normalized spacial score (nSPS) is 16.7. The van der Waals surface area contributed by atoms with Gasteiger partial charge in [0.1, 0.15) is 5.75 Å². The molecule has 12 heteroatoms. The number of aromatic nitrogens is 1. The molecule has 2 fully saturated rings. The van der Waals surface area contributed by atoms with Gasteiger partial charge in [0.2, 0.25) is 11.5 Å². The van der Waals surface area contributed by atoms with E-state index in [2.05, 4.69) is 44.8 Å². The molecule has 4 aromatic carbocycles. The number of para-hydroxylation sites is 1. The lowest BCUT2D eigenvalue weighted by molar-refractivity contribution is -0.131. The van der Waals surface area contributed by atoms with E-state index >= 15 is 0 Å². The van der Waals surface area contributed by atoms with Gasteiger partial charge in [-0.2, -0.15) is 0 Å². The summed E-state index contributed by atoms with van der Waals surface area (Å²) in [7, 11) is 1.76. The molecule has 3 atom stereocenters. The summed E-state index contributed by atoms with van der Waals surface area (Å²) >= 11 is 0. The van der Waals surface area contributed by atoms with Gasteiger partial charge in [-0.15, -0.1) is 0 Å². The van der Waals surface area contributed by atoms with Gasteiger partial charge < -0.3 is 35.3 Å². The summed E-state index contributed by atoms with van der Waals surface area (Å²) < 4.78 is 5.75. The van der Waals surface area contributed by atoms with Crippen molar-refractivity contribution in [1.29, 1.82) is 0 Å². The molecule has 1 aliphatic heterocycles. The lowest BCUT2D eigenvalue weighted by Gasteiger charge is -2.19. The van der Waals surface area contributed by atoms with Gasteiger partial charge in [0, 0.05) is 63.3 Å². The maximum atomic E-state index is 12.5. The maximum absolute atomic E-state index is 12.5. The number of H-pyrrole nitrogens is 1. The number of aliphatic hydroxyl groups excluding tert-OH is 1. The Hall–Kier alpha value is -5.53. The van der Waals surface area contributed by atoms with Crippen molar-refractivity contribution < 1.29 is 29.6 Å². The molecule has 1 aromatic heterocycles. The molecule has 6 N–H and O–H groups in total. The second-order valence-corrected chi connectivity index (χ2v) is 15.2. The Morgan fingerprint density at radius 2 is 1.60 bits per heavy atom. The molecule has 1 unspecified atom stereocenters. The molecular weight excluding hydrogens is 735 g/mol. The van der Waals surface area contributed by atoms with Crippen LogP contribution in [0.15, 0.2) is 108 Å². The van der Waals surface area contributed by atoms with E-state index in [1.165, 1.54) is 55.6 Å². The molecule has 306 valence electrons. The molecule has 2 aliphatic rings. The number of hydrogen-bond acceptors (Lipinski definition) is 8. The number of carbonyl (C=O) groups is 2. The average Bonchev–Trinajstić information content (AvgIpc) is 3.83. The summed E-state index contributed by atoms with van der Waals surface area (Å²) in [4.78, 5) is 41.6. The molecule has 58 heavy (non-hydrogen) atoms. The average molecular weight is 790 g/mol. The zero-order valence-corrected chi connectivity index (χ0v) is 33.1. The van der Waals surface area contributed by atoms with E-state index in [0.717, 1.165) is 35.9 Å². The van der Waals surface area contributed by atoms with Crippen LogP contribution in [0.1, 0.15) is 48.5 Å². The van der Waals surface area contributed by atoms with Crippen LogP contribution < -0.4 is 16.2 Å². The number of hydrogen-bond donors (Lipinski definition) is 6. The van der Waals surface area contributed by atoms with Crippen LogP contribution in [0.4, 0.5) is 10.5 Å². The van der Waals surface area contributed by atoms with E-state index in [0.29, 0.717) is 54.9 Å². The molecule has 5 aromatic rings. The number of likely N-dealkylation sites (tertiary alicyclic amines) is 1. The Morgan fingerprint density at radius 3 is 2.34 bits per heavy atom. The van der Waals surface area contributed by atoms with Crippen LogP contribution in [0.2, 0.25) is 0 Å². The van der Waals surface area contributed by atoms with Gasteiger partial charge in [-0.3, -0.25) is 19.8 Å². The predicted octanol–water partition coefficient (Wildman–Crippen LogP) is 6.64. The number of amides is 2. The highest BCUT2D eigenvalue weighted by atomic mass is 16.5. The number of pyridine rings is 1. The summed E-state index contributed by atoms with van der Waals surface area (Å²) in [5.74, 6) is 1.83. The lowest BCUT2D eigenvalue weighted by atomic mass is 10.0. The Bertz CT molecular complexity index is 2150. The number of fused-ring (bicyclic) bond motifs is 2. The number of rotatable bonds is 16. The van der Waals surface area contributed by atoms with Crippen molar-refractivity contribution >= 4 is 28.6 Å². The van der Waals surface area contributed by atoms with Crippen molar-refractivity contribution in [2.45, 2.75) is 44.8 Å². The molecule has 2 amide bonds. The number of nitrogens with zero attached hydrogens (tertiary/aromatic N) is 2. The number of nitrogens with one attached hydrogen (secondary N) is 3. The minimum absolute atomic E-state index is 0.0150. The number of ether oxygens (including phenoxy) is 1.